The zero-order chi connectivity index (χ0) is 15.2. The van der Waals surface area contributed by atoms with Crippen LogP contribution in [0.1, 0.15) is 12.5 Å². The van der Waals surface area contributed by atoms with E-state index in [4.69, 9.17) is 4.74 Å². The van der Waals surface area contributed by atoms with E-state index in [9.17, 15) is 0 Å². The number of rotatable bonds is 6. The molecule has 0 saturated carbocycles. The van der Waals surface area contributed by atoms with Gasteiger partial charge in [0.25, 0.3) is 0 Å². The SMILES string of the molecule is CCNCc1ccc(Br)cc1N(C)c1ccccc1OC. The zero-order valence-corrected chi connectivity index (χ0v) is 14.3. The average molecular weight is 349 g/mol. The summed E-state index contributed by atoms with van der Waals surface area (Å²) in [5.41, 5.74) is 3.47. The Morgan fingerprint density at radius 2 is 1.90 bits per heavy atom. The normalized spacial score (nSPS) is 10.5. The molecule has 0 aromatic heterocycles. The van der Waals surface area contributed by atoms with Gasteiger partial charge < -0.3 is 15.0 Å². The van der Waals surface area contributed by atoms with Gasteiger partial charge in [0.05, 0.1) is 12.8 Å². The quantitative estimate of drug-likeness (QED) is 0.840. The summed E-state index contributed by atoms with van der Waals surface area (Å²) in [6, 6.07) is 14.4. The topological polar surface area (TPSA) is 24.5 Å². The minimum Gasteiger partial charge on any atom is -0.495 e. The molecule has 0 aliphatic heterocycles. The maximum atomic E-state index is 5.47. The van der Waals surface area contributed by atoms with Crippen LogP contribution in [-0.2, 0) is 6.54 Å². The van der Waals surface area contributed by atoms with E-state index in [-0.39, 0.29) is 0 Å². The van der Waals surface area contributed by atoms with E-state index in [1.54, 1.807) is 7.11 Å². The van der Waals surface area contributed by atoms with Crippen molar-refractivity contribution in [3.8, 4) is 5.75 Å². The summed E-state index contributed by atoms with van der Waals surface area (Å²) in [5, 5.41) is 3.39. The van der Waals surface area contributed by atoms with Crippen molar-refractivity contribution in [3.63, 3.8) is 0 Å². The molecule has 0 fully saturated rings. The number of hydrogen-bond donors (Lipinski definition) is 1. The fourth-order valence-corrected chi connectivity index (χ4v) is 2.64. The van der Waals surface area contributed by atoms with Crippen LogP contribution in [-0.4, -0.2) is 20.7 Å². The molecule has 0 spiro atoms. The molecule has 0 atom stereocenters. The number of nitrogens with one attached hydrogen (secondary N) is 1. The smallest absolute Gasteiger partial charge is 0.142 e. The van der Waals surface area contributed by atoms with Crippen LogP contribution in [0.25, 0.3) is 0 Å². The largest absolute Gasteiger partial charge is 0.495 e. The number of methoxy groups -OCH3 is 1. The third-order valence-electron chi connectivity index (χ3n) is 3.42. The number of ether oxygens (including phenoxy) is 1. The summed E-state index contributed by atoms with van der Waals surface area (Å²) in [4.78, 5) is 2.16. The van der Waals surface area contributed by atoms with Crippen LogP contribution < -0.4 is 15.0 Å². The Labute approximate surface area is 135 Å². The molecule has 0 bridgehead atoms. The number of nitrogens with zero attached hydrogens (tertiary/aromatic N) is 1. The fourth-order valence-electron chi connectivity index (χ4n) is 2.30. The Morgan fingerprint density at radius 1 is 1.14 bits per heavy atom. The van der Waals surface area contributed by atoms with Gasteiger partial charge in [-0.3, -0.25) is 0 Å². The highest BCUT2D eigenvalue weighted by molar-refractivity contribution is 9.10. The van der Waals surface area contributed by atoms with Crippen LogP contribution in [0.4, 0.5) is 11.4 Å². The van der Waals surface area contributed by atoms with E-state index in [2.05, 4.69) is 64.4 Å². The van der Waals surface area contributed by atoms with Crippen LogP contribution in [0.3, 0.4) is 0 Å². The van der Waals surface area contributed by atoms with E-state index in [0.717, 1.165) is 34.7 Å². The molecule has 2 aromatic carbocycles. The van der Waals surface area contributed by atoms with Gasteiger partial charge in [0, 0.05) is 23.8 Å². The summed E-state index contributed by atoms with van der Waals surface area (Å²) < 4.78 is 6.54. The van der Waals surface area contributed by atoms with Crippen LogP contribution >= 0.6 is 15.9 Å². The predicted octanol–water partition coefficient (Wildman–Crippen LogP) is 4.34. The third-order valence-corrected chi connectivity index (χ3v) is 3.91. The van der Waals surface area contributed by atoms with Gasteiger partial charge >= 0.3 is 0 Å². The van der Waals surface area contributed by atoms with Crippen molar-refractivity contribution in [2.24, 2.45) is 0 Å². The lowest BCUT2D eigenvalue weighted by atomic mass is 10.1. The van der Waals surface area contributed by atoms with Crippen molar-refractivity contribution in [3.05, 3.63) is 52.5 Å². The molecule has 21 heavy (non-hydrogen) atoms. The first-order chi connectivity index (χ1) is 10.2. The van der Waals surface area contributed by atoms with Crippen molar-refractivity contribution in [1.29, 1.82) is 0 Å². The van der Waals surface area contributed by atoms with Gasteiger partial charge in [-0.15, -0.1) is 0 Å². The first-order valence-corrected chi connectivity index (χ1v) is 7.82. The van der Waals surface area contributed by atoms with Gasteiger partial charge in [-0.25, -0.2) is 0 Å². The molecule has 1 N–H and O–H groups in total. The maximum Gasteiger partial charge on any atom is 0.142 e. The van der Waals surface area contributed by atoms with Crippen molar-refractivity contribution < 1.29 is 4.74 Å². The Bertz CT molecular complexity index is 601. The average Bonchev–Trinajstić information content (AvgIpc) is 2.53. The molecule has 0 heterocycles. The molecule has 0 aliphatic rings. The van der Waals surface area contributed by atoms with Crippen molar-refractivity contribution in [2.45, 2.75) is 13.5 Å². The Balaban J connectivity index is 2.41. The molecule has 0 amide bonds. The number of halogens is 1. The standard InChI is InChI=1S/C17H21BrN2O/c1-4-19-12-13-9-10-14(18)11-16(13)20(2)15-7-5-6-8-17(15)21-3/h5-11,19H,4,12H2,1-3H3. The number of hydrogen-bond acceptors (Lipinski definition) is 3. The maximum absolute atomic E-state index is 5.47. The molecular formula is C17H21BrN2O. The van der Waals surface area contributed by atoms with Crippen molar-refractivity contribution in [1.82, 2.24) is 5.32 Å². The molecule has 2 rings (SSSR count). The number of benzene rings is 2. The van der Waals surface area contributed by atoms with Crippen LogP contribution in [0.5, 0.6) is 5.75 Å². The summed E-state index contributed by atoms with van der Waals surface area (Å²) in [6.45, 7) is 3.91. The van der Waals surface area contributed by atoms with Gasteiger partial charge in [-0.1, -0.05) is 41.1 Å². The molecule has 3 nitrogen and oxygen atoms in total. The van der Waals surface area contributed by atoms with Gasteiger partial charge in [0.15, 0.2) is 0 Å². The monoisotopic (exact) mass is 348 g/mol. The van der Waals surface area contributed by atoms with Crippen LogP contribution in [0, 0.1) is 0 Å². The summed E-state index contributed by atoms with van der Waals surface area (Å²) in [6.07, 6.45) is 0. The Kier molecular flexibility index (Phi) is 5.65. The lowest BCUT2D eigenvalue weighted by molar-refractivity contribution is 0.415. The second-order valence-electron chi connectivity index (χ2n) is 4.78. The molecule has 2 aromatic rings. The minimum atomic E-state index is 0.846. The van der Waals surface area contributed by atoms with E-state index in [0.29, 0.717) is 0 Å². The highest BCUT2D eigenvalue weighted by Gasteiger charge is 2.13. The van der Waals surface area contributed by atoms with Gasteiger partial charge in [0.1, 0.15) is 5.75 Å². The van der Waals surface area contributed by atoms with Gasteiger partial charge in [-0.05, 0) is 36.4 Å². The first-order valence-electron chi connectivity index (χ1n) is 7.03. The van der Waals surface area contributed by atoms with E-state index in [1.807, 2.05) is 18.2 Å². The van der Waals surface area contributed by atoms with Crippen LogP contribution in [0.2, 0.25) is 0 Å². The van der Waals surface area contributed by atoms with Crippen molar-refractivity contribution in [2.75, 3.05) is 25.6 Å². The molecule has 0 unspecified atom stereocenters. The third kappa shape index (κ3) is 3.77. The van der Waals surface area contributed by atoms with Crippen molar-refractivity contribution >= 4 is 27.3 Å². The van der Waals surface area contributed by atoms with E-state index in [1.165, 1.54) is 5.56 Å². The molecule has 0 aliphatic carbocycles. The molecular weight excluding hydrogens is 328 g/mol. The lowest BCUT2D eigenvalue weighted by Gasteiger charge is -2.25. The highest BCUT2D eigenvalue weighted by atomic mass is 79.9. The van der Waals surface area contributed by atoms with E-state index < -0.39 is 0 Å². The lowest BCUT2D eigenvalue weighted by Crippen LogP contribution is -2.17. The van der Waals surface area contributed by atoms with E-state index >= 15 is 0 Å². The highest BCUT2D eigenvalue weighted by Crippen LogP contribution is 2.35. The second kappa shape index (κ2) is 7.48. The summed E-state index contributed by atoms with van der Waals surface area (Å²) in [5.74, 6) is 0.870. The zero-order valence-electron chi connectivity index (χ0n) is 12.7. The molecule has 4 heteroatoms. The van der Waals surface area contributed by atoms with Gasteiger partial charge in [-0.2, -0.15) is 0 Å². The van der Waals surface area contributed by atoms with Gasteiger partial charge in [0.2, 0.25) is 0 Å². The number of anilines is 2. The molecule has 0 saturated heterocycles. The van der Waals surface area contributed by atoms with Crippen LogP contribution in [0.15, 0.2) is 46.9 Å². The minimum absolute atomic E-state index is 0.846. The number of para-hydroxylation sites is 2. The summed E-state index contributed by atoms with van der Waals surface area (Å²) >= 11 is 3.56. The Morgan fingerprint density at radius 3 is 2.62 bits per heavy atom. The Hall–Kier alpha value is -1.52. The second-order valence-corrected chi connectivity index (χ2v) is 5.70. The summed E-state index contributed by atoms with van der Waals surface area (Å²) in [7, 11) is 3.77. The molecule has 0 radical (unpaired) electrons. The first kappa shape index (κ1) is 15.9. The predicted molar refractivity (Wildman–Crippen MR) is 92.6 cm³/mol. The molecule has 112 valence electrons. The fraction of sp³-hybridized carbons (Fsp3) is 0.294.